The van der Waals surface area contributed by atoms with Crippen molar-refractivity contribution in [2.75, 3.05) is 7.11 Å². The van der Waals surface area contributed by atoms with Gasteiger partial charge in [0.1, 0.15) is 5.75 Å². The number of ether oxygens (including phenoxy) is 1. The van der Waals surface area contributed by atoms with Crippen molar-refractivity contribution in [3.05, 3.63) is 29.8 Å². The van der Waals surface area contributed by atoms with Gasteiger partial charge in [0.25, 0.3) is 0 Å². The van der Waals surface area contributed by atoms with Gasteiger partial charge in [-0.3, -0.25) is 0 Å². The minimum absolute atomic E-state index is 0.612. The van der Waals surface area contributed by atoms with Crippen molar-refractivity contribution >= 4 is 5.71 Å². The smallest absolute Gasteiger partial charge is 0.122 e. The molecule has 1 N–H and O–H groups in total. The molecule has 1 aromatic carbocycles. The van der Waals surface area contributed by atoms with Crippen LogP contribution in [0.4, 0.5) is 0 Å². The maximum atomic E-state index is 8.51. The zero-order chi connectivity index (χ0) is 9.68. The van der Waals surface area contributed by atoms with Crippen molar-refractivity contribution < 1.29 is 9.94 Å². The lowest BCUT2D eigenvalue weighted by atomic mass is 10.1. The summed E-state index contributed by atoms with van der Waals surface area (Å²) in [5.41, 5.74) is 1.70. The van der Waals surface area contributed by atoms with E-state index in [1.807, 2.05) is 24.3 Å². The van der Waals surface area contributed by atoms with Gasteiger partial charge in [-0.05, 0) is 18.6 Å². The molecule has 70 valence electrons. The zero-order valence-electron chi connectivity index (χ0n) is 7.82. The molecule has 1 rings (SSSR count). The van der Waals surface area contributed by atoms with Crippen LogP contribution >= 0.6 is 0 Å². The molecule has 0 aliphatic heterocycles. The standard InChI is InChI=1S/C10H13NO2/c1-8(11-12)7-9-5-3-4-6-10(9)13-2/h3-6,12H,7H2,1-2H3/b11-8+. The fourth-order valence-electron chi connectivity index (χ4n) is 1.16. The van der Waals surface area contributed by atoms with Crippen LogP contribution in [0.5, 0.6) is 5.75 Å². The van der Waals surface area contributed by atoms with Crippen molar-refractivity contribution in [2.45, 2.75) is 13.3 Å². The van der Waals surface area contributed by atoms with E-state index in [1.54, 1.807) is 14.0 Å². The third kappa shape index (κ3) is 2.47. The molecule has 13 heavy (non-hydrogen) atoms. The highest BCUT2D eigenvalue weighted by Crippen LogP contribution is 2.17. The molecule has 0 saturated heterocycles. The van der Waals surface area contributed by atoms with E-state index < -0.39 is 0 Å². The molecule has 3 nitrogen and oxygen atoms in total. The van der Waals surface area contributed by atoms with Crippen LogP contribution in [0.3, 0.4) is 0 Å². The van der Waals surface area contributed by atoms with Gasteiger partial charge in [-0.2, -0.15) is 0 Å². The highest BCUT2D eigenvalue weighted by atomic mass is 16.5. The van der Waals surface area contributed by atoms with Crippen LogP contribution in [-0.4, -0.2) is 18.0 Å². The van der Waals surface area contributed by atoms with E-state index in [1.165, 1.54) is 0 Å². The van der Waals surface area contributed by atoms with Crippen LogP contribution in [0.15, 0.2) is 29.4 Å². The minimum atomic E-state index is 0.612. The Morgan fingerprint density at radius 1 is 1.46 bits per heavy atom. The molecular weight excluding hydrogens is 166 g/mol. The van der Waals surface area contributed by atoms with Crippen LogP contribution < -0.4 is 4.74 Å². The molecule has 1 aromatic rings. The molecule has 0 spiro atoms. The highest BCUT2D eigenvalue weighted by Gasteiger charge is 2.02. The quantitative estimate of drug-likeness (QED) is 0.438. The van der Waals surface area contributed by atoms with Crippen molar-refractivity contribution in [1.29, 1.82) is 0 Å². The van der Waals surface area contributed by atoms with Crippen molar-refractivity contribution in [2.24, 2.45) is 5.16 Å². The SMILES string of the molecule is COc1ccccc1C/C(C)=N/O. The monoisotopic (exact) mass is 179 g/mol. The third-order valence-corrected chi connectivity index (χ3v) is 1.81. The number of hydrogen-bond acceptors (Lipinski definition) is 3. The second-order valence-electron chi connectivity index (χ2n) is 2.82. The molecule has 0 aliphatic carbocycles. The van der Waals surface area contributed by atoms with Gasteiger partial charge < -0.3 is 9.94 Å². The average molecular weight is 179 g/mol. The van der Waals surface area contributed by atoms with Gasteiger partial charge in [0.2, 0.25) is 0 Å². The molecule has 0 heterocycles. The summed E-state index contributed by atoms with van der Waals surface area (Å²) in [6.07, 6.45) is 0.612. The molecule has 3 heteroatoms. The molecule has 0 fully saturated rings. The van der Waals surface area contributed by atoms with Gasteiger partial charge in [0.05, 0.1) is 12.8 Å². The lowest BCUT2D eigenvalue weighted by Gasteiger charge is -2.06. The largest absolute Gasteiger partial charge is 0.496 e. The van der Waals surface area contributed by atoms with Crippen LogP contribution in [0.2, 0.25) is 0 Å². The molecule has 0 amide bonds. The molecule has 0 aromatic heterocycles. The average Bonchev–Trinajstić information content (AvgIpc) is 2.18. The second-order valence-corrected chi connectivity index (χ2v) is 2.82. The number of hydrogen-bond donors (Lipinski definition) is 1. The summed E-state index contributed by atoms with van der Waals surface area (Å²) in [6, 6.07) is 7.68. The molecule has 0 unspecified atom stereocenters. The summed E-state index contributed by atoms with van der Waals surface area (Å²) in [5.74, 6) is 0.825. The number of nitrogens with zero attached hydrogens (tertiary/aromatic N) is 1. The van der Waals surface area contributed by atoms with E-state index in [4.69, 9.17) is 9.94 Å². The molecule has 0 radical (unpaired) electrons. The molecule has 0 bridgehead atoms. The number of para-hydroxylation sites is 1. The normalized spacial score (nSPS) is 11.4. The fraction of sp³-hybridized carbons (Fsp3) is 0.300. The Bertz CT molecular complexity index is 308. The van der Waals surface area contributed by atoms with Crippen molar-refractivity contribution in [3.63, 3.8) is 0 Å². The molecule has 0 saturated carbocycles. The van der Waals surface area contributed by atoms with Gasteiger partial charge in [0.15, 0.2) is 0 Å². The van der Waals surface area contributed by atoms with E-state index in [9.17, 15) is 0 Å². The second kappa shape index (κ2) is 4.50. The van der Waals surface area contributed by atoms with Gasteiger partial charge in [-0.25, -0.2) is 0 Å². The first kappa shape index (κ1) is 9.58. The van der Waals surface area contributed by atoms with Gasteiger partial charge in [-0.1, -0.05) is 23.4 Å². The predicted molar refractivity (Wildman–Crippen MR) is 51.6 cm³/mol. The van der Waals surface area contributed by atoms with Gasteiger partial charge in [0, 0.05) is 6.42 Å². The summed E-state index contributed by atoms with van der Waals surface area (Å²) in [5, 5.41) is 11.6. The Balaban J connectivity index is 2.87. The number of benzene rings is 1. The summed E-state index contributed by atoms with van der Waals surface area (Å²) >= 11 is 0. The van der Waals surface area contributed by atoms with Crippen LogP contribution in [0.1, 0.15) is 12.5 Å². The predicted octanol–water partition coefficient (Wildman–Crippen LogP) is 2.09. The first-order valence-corrected chi connectivity index (χ1v) is 4.07. The van der Waals surface area contributed by atoms with Crippen molar-refractivity contribution in [1.82, 2.24) is 0 Å². The summed E-state index contributed by atoms with van der Waals surface area (Å²) in [7, 11) is 1.63. The third-order valence-electron chi connectivity index (χ3n) is 1.81. The van der Waals surface area contributed by atoms with E-state index >= 15 is 0 Å². The minimum Gasteiger partial charge on any atom is -0.496 e. The topological polar surface area (TPSA) is 41.8 Å². The van der Waals surface area contributed by atoms with Crippen molar-refractivity contribution in [3.8, 4) is 5.75 Å². The fourth-order valence-corrected chi connectivity index (χ4v) is 1.16. The summed E-state index contributed by atoms with van der Waals surface area (Å²) in [4.78, 5) is 0. The highest BCUT2D eigenvalue weighted by molar-refractivity contribution is 5.84. The Labute approximate surface area is 77.6 Å². The summed E-state index contributed by atoms with van der Waals surface area (Å²) in [6.45, 7) is 1.77. The van der Waals surface area contributed by atoms with E-state index in [2.05, 4.69) is 5.16 Å². The van der Waals surface area contributed by atoms with E-state index in [0.29, 0.717) is 12.1 Å². The maximum Gasteiger partial charge on any atom is 0.122 e. The van der Waals surface area contributed by atoms with Gasteiger partial charge >= 0.3 is 0 Å². The first-order chi connectivity index (χ1) is 6.27. The lowest BCUT2D eigenvalue weighted by Crippen LogP contribution is -1.99. The van der Waals surface area contributed by atoms with Crippen LogP contribution in [-0.2, 0) is 6.42 Å². The van der Waals surface area contributed by atoms with Crippen LogP contribution in [0.25, 0.3) is 0 Å². The van der Waals surface area contributed by atoms with E-state index in [0.717, 1.165) is 11.3 Å². The maximum absolute atomic E-state index is 8.51. The Morgan fingerprint density at radius 3 is 2.77 bits per heavy atom. The Hall–Kier alpha value is -1.51. The molecule has 0 aliphatic rings. The molecular formula is C10H13NO2. The zero-order valence-corrected chi connectivity index (χ0v) is 7.82. The lowest BCUT2D eigenvalue weighted by molar-refractivity contribution is 0.317. The number of methoxy groups -OCH3 is 1. The number of oxime groups is 1. The first-order valence-electron chi connectivity index (χ1n) is 4.07. The van der Waals surface area contributed by atoms with E-state index in [-0.39, 0.29) is 0 Å². The van der Waals surface area contributed by atoms with Crippen LogP contribution in [0, 0.1) is 0 Å². The number of rotatable bonds is 3. The summed E-state index contributed by atoms with van der Waals surface area (Å²) < 4.78 is 5.15. The van der Waals surface area contributed by atoms with Gasteiger partial charge in [-0.15, -0.1) is 0 Å². The Morgan fingerprint density at radius 2 is 2.15 bits per heavy atom. The molecule has 0 atom stereocenters. The Kier molecular flexibility index (Phi) is 3.31.